The molecule has 0 radical (unpaired) electrons. The molecule has 4 rings (SSSR count). The van der Waals surface area contributed by atoms with Gasteiger partial charge in [-0.15, -0.1) is 10.2 Å². The molecule has 0 saturated heterocycles. The molecule has 0 saturated carbocycles. The lowest BCUT2D eigenvalue weighted by Gasteiger charge is -2.11. The Morgan fingerprint density at radius 2 is 1.47 bits per heavy atom. The van der Waals surface area contributed by atoms with Gasteiger partial charge in [-0.3, -0.25) is 13.3 Å². The Bertz CT molecular complexity index is 1750. The smallest absolute Gasteiger partial charge is 0.298 e. The predicted octanol–water partition coefficient (Wildman–Crippen LogP) is 3.85. The van der Waals surface area contributed by atoms with Gasteiger partial charge in [0.05, 0.1) is 10.6 Å². The van der Waals surface area contributed by atoms with Gasteiger partial charge in [-0.2, -0.15) is 16.8 Å². The van der Waals surface area contributed by atoms with Crippen molar-refractivity contribution in [3.63, 3.8) is 0 Å². The number of phenols is 1. The first-order valence-corrected chi connectivity index (χ1v) is 13.1. The van der Waals surface area contributed by atoms with Crippen LogP contribution in [0.5, 0.6) is 5.75 Å². The van der Waals surface area contributed by atoms with Gasteiger partial charge in [-0.1, -0.05) is 30.3 Å². The Kier molecular flexibility index (Phi) is 5.97. The second-order valence-corrected chi connectivity index (χ2v) is 10.7. The van der Waals surface area contributed by atoms with E-state index in [1.54, 1.807) is 24.3 Å². The Morgan fingerprint density at radius 3 is 2.09 bits per heavy atom. The Hall–Kier alpha value is -3.27. The van der Waals surface area contributed by atoms with Crippen molar-refractivity contribution in [2.24, 2.45) is 10.2 Å². The van der Waals surface area contributed by atoms with Crippen LogP contribution in [0.3, 0.4) is 0 Å². The predicted molar refractivity (Wildman–Crippen MR) is 121 cm³/mol. The van der Waals surface area contributed by atoms with Crippen LogP contribution >= 0.6 is 0 Å². The first kappa shape index (κ1) is 23.9. The summed E-state index contributed by atoms with van der Waals surface area (Å²) in [5, 5.41) is 19.2. The van der Waals surface area contributed by atoms with Gasteiger partial charge < -0.3 is 9.66 Å². The van der Waals surface area contributed by atoms with Crippen LogP contribution < -0.4 is 0 Å². The number of benzene rings is 4. The van der Waals surface area contributed by atoms with Crippen molar-refractivity contribution in [2.45, 2.75) is 14.7 Å². The topological polar surface area (TPSA) is 194 Å². The van der Waals surface area contributed by atoms with Crippen LogP contribution in [0, 0.1) is 0 Å². The van der Waals surface area contributed by atoms with Gasteiger partial charge in [0, 0.05) is 15.7 Å². The van der Waals surface area contributed by atoms with E-state index in [0.717, 1.165) is 18.2 Å². The van der Waals surface area contributed by atoms with Crippen molar-refractivity contribution in [3.05, 3.63) is 60.7 Å². The Labute approximate surface area is 195 Å². The maximum absolute atomic E-state index is 11.8. The van der Waals surface area contributed by atoms with Crippen LogP contribution in [-0.2, 0) is 31.3 Å². The van der Waals surface area contributed by atoms with E-state index < -0.39 is 52.5 Å². The highest BCUT2D eigenvalue weighted by atomic mass is 32.2. The fourth-order valence-corrected chi connectivity index (χ4v) is 5.05. The van der Waals surface area contributed by atoms with Crippen LogP contribution in [0.25, 0.3) is 21.5 Å². The monoisotopic (exact) mass is 521 g/mol. The van der Waals surface area contributed by atoms with E-state index in [9.17, 15) is 39.8 Å². The summed E-state index contributed by atoms with van der Waals surface area (Å²) >= 11 is -2.52. The van der Waals surface area contributed by atoms with E-state index in [1.165, 1.54) is 18.2 Å². The average Bonchev–Trinajstić information content (AvgIpc) is 2.76. The van der Waals surface area contributed by atoms with Crippen molar-refractivity contribution < 1.29 is 39.8 Å². The third kappa shape index (κ3) is 4.42. The minimum absolute atomic E-state index is 0.0222. The summed E-state index contributed by atoms with van der Waals surface area (Å²) in [7, 11) is -9.60. The molecule has 0 fully saturated rings. The summed E-state index contributed by atoms with van der Waals surface area (Å²) in [6.45, 7) is 0. The zero-order valence-electron chi connectivity index (χ0n) is 16.7. The van der Waals surface area contributed by atoms with Crippen molar-refractivity contribution in [1.82, 2.24) is 0 Å². The highest BCUT2D eigenvalue weighted by Crippen LogP contribution is 2.42. The first-order valence-electron chi connectivity index (χ1n) is 9.15. The van der Waals surface area contributed by atoms with Crippen LogP contribution in [0.1, 0.15) is 0 Å². The lowest BCUT2D eigenvalue weighted by atomic mass is 10.1. The summed E-state index contributed by atoms with van der Waals surface area (Å²) in [6, 6.07) is 13.0. The third-order valence-corrected chi connectivity index (χ3v) is 7.33. The average molecular weight is 522 g/mol. The van der Waals surface area contributed by atoms with Crippen molar-refractivity contribution in [2.75, 3.05) is 0 Å². The number of phenolic OH excluding ortho intramolecular Hbond substituents is 1. The molecule has 0 amide bonds. The van der Waals surface area contributed by atoms with Crippen molar-refractivity contribution >= 4 is 64.2 Å². The minimum Gasteiger partial charge on any atom is -0.768 e. The van der Waals surface area contributed by atoms with Crippen LogP contribution in [0.4, 0.5) is 11.4 Å². The van der Waals surface area contributed by atoms with Gasteiger partial charge in [0.15, 0.2) is 5.75 Å². The molecule has 11 nitrogen and oxygen atoms in total. The van der Waals surface area contributed by atoms with Crippen LogP contribution in [-0.4, -0.2) is 39.8 Å². The lowest BCUT2D eigenvalue weighted by molar-refractivity contribution is 0.445. The van der Waals surface area contributed by atoms with E-state index in [-0.39, 0.29) is 21.4 Å². The largest absolute Gasteiger partial charge is 0.768 e. The lowest BCUT2D eigenvalue weighted by Crippen LogP contribution is -2.00. The molecule has 3 N–H and O–H groups in total. The second-order valence-electron chi connectivity index (χ2n) is 6.97. The molecule has 0 bridgehead atoms. The summed E-state index contributed by atoms with van der Waals surface area (Å²) < 4.78 is 88.3. The van der Waals surface area contributed by atoms with E-state index in [2.05, 4.69) is 10.2 Å². The second kappa shape index (κ2) is 8.50. The van der Waals surface area contributed by atoms with E-state index in [4.69, 9.17) is 0 Å². The van der Waals surface area contributed by atoms with Gasteiger partial charge >= 0.3 is 0 Å². The zero-order valence-corrected chi connectivity index (χ0v) is 19.1. The fraction of sp³-hybridized carbons (Fsp3) is 0. The molecule has 0 heterocycles. The molecule has 14 heteroatoms. The fourth-order valence-electron chi connectivity index (χ4n) is 3.38. The van der Waals surface area contributed by atoms with Gasteiger partial charge in [0.25, 0.3) is 20.2 Å². The number of fused-ring (bicyclic) bond motifs is 2. The Balaban J connectivity index is 1.99. The molecule has 0 aliphatic heterocycles. The summed E-state index contributed by atoms with van der Waals surface area (Å²) in [4.78, 5) is -1.49. The molecule has 0 aliphatic carbocycles. The molecular weight excluding hydrogens is 508 g/mol. The quantitative estimate of drug-likeness (QED) is 0.199. The SMILES string of the molecule is O=S([O-])c1ccc(N=Nc2c(O)c(S(=O)(=O)O)cc3cc(S(=O)(=O)O)ccc23)c2ccccc12. The molecule has 176 valence electrons. The highest BCUT2D eigenvalue weighted by Gasteiger charge is 2.23. The molecule has 0 aliphatic rings. The van der Waals surface area contributed by atoms with Gasteiger partial charge in [0.2, 0.25) is 0 Å². The van der Waals surface area contributed by atoms with E-state index in [0.29, 0.717) is 10.8 Å². The number of azo groups is 1. The molecule has 1 unspecified atom stereocenters. The molecule has 1 atom stereocenters. The van der Waals surface area contributed by atoms with Crippen LogP contribution in [0.2, 0.25) is 0 Å². The molecule has 34 heavy (non-hydrogen) atoms. The molecule has 4 aromatic carbocycles. The van der Waals surface area contributed by atoms with Crippen molar-refractivity contribution in [1.29, 1.82) is 0 Å². The summed E-state index contributed by atoms with van der Waals surface area (Å²) in [5.41, 5.74) is -0.225. The molecule has 0 spiro atoms. The summed E-state index contributed by atoms with van der Waals surface area (Å²) in [5.74, 6) is -0.944. The standard InChI is InChI=1S/C20H14N2O9S3/c23-20-18(34(29,30)31)10-11-9-12(33(26,27)28)5-6-13(11)19(20)22-21-16-7-8-17(32(24)25)15-4-2-1-3-14(15)16/h1-10,23H,(H,24,25)(H,26,27,28)(H,29,30,31)/p-1. The van der Waals surface area contributed by atoms with E-state index in [1.807, 2.05) is 0 Å². The molecule has 0 aromatic heterocycles. The number of hydrogen-bond acceptors (Lipinski definition) is 9. The maximum atomic E-state index is 11.8. The highest BCUT2D eigenvalue weighted by molar-refractivity contribution is 7.86. The minimum atomic E-state index is -4.96. The summed E-state index contributed by atoms with van der Waals surface area (Å²) in [6.07, 6.45) is 0. The maximum Gasteiger partial charge on any atom is 0.298 e. The van der Waals surface area contributed by atoms with Gasteiger partial charge in [-0.25, -0.2) is 0 Å². The van der Waals surface area contributed by atoms with Gasteiger partial charge in [-0.05, 0) is 52.2 Å². The molecular formula is C20H13N2O9S3-. The number of rotatable bonds is 5. The number of aromatic hydroxyl groups is 1. The van der Waals surface area contributed by atoms with Crippen molar-refractivity contribution in [3.8, 4) is 5.75 Å². The van der Waals surface area contributed by atoms with Gasteiger partial charge in [0.1, 0.15) is 10.6 Å². The zero-order chi connectivity index (χ0) is 24.8. The molecule has 4 aromatic rings. The normalized spacial score (nSPS) is 13.6. The Morgan fingerprint density at radius 1 is 0.794 bits per heavy atom. The third-order valence-electron chi connectivity index (χ3n) is 4.90. The first-order chi connectivity index (χ1) is 15.9. The van der Waals surface area contributed by atoms with Crippen LogP contribution in [0.15, 0.2) is 85.6 Å². The van der Waals surface area contributed by atoms with E-state index >= 15 is 0 Å². The number of nitrogens with zero attached hydrogens (tertiary/aromatic N) is 2. The number of hydrogen-bond donors (Lipinski definition) is 3.